The van der Waals surface area contributed by atoms with E-state index in [0.29, 0.717) is 6.54 Å². The van der Waals surface area contributed by atoms with Crippen LogP contribution in [0.25, 0.3) is 11.3 Å². The van der Waals surface area contributed by atoms with E-state index >= 15 is 0 Å². The number of hydrogen-bond donors (Lipinski definition) is 1. The number of piperidine rings is 1. The number of nitrogens with one attached hydrogen (secondary N) is 1. The maximum Gasteiger partial charge on any atom is 0.229 e. The van der Waals surface area contributed by atoms with Gasteiger partial charge in [0, 0.05) is 43.1 Å². The molecule has 1 atom stereocenters. The molecule has 0 radical (unpaired) electrons. The van der Waals surface area contributed by atoms with Crippen LogP contribution in [0.15, 0.2) is 54.6 Å². The van der Waals surface area contributed by atoms with E-state index in [1.807, 2.05) is 42.5 Å². The van der Waals surface area contributed by atoms with Crippen LogP contribution in [0.4, 0.5) is 17.2 Å². The topological polar surface area (TPSA) is 70.6 Å². The lowest BCUT2D eigenvalue weighted by Crippen LogP contribution is -2.41. The van der Waals surface area contributed by atoms with E-state index in [1.165, 1.54) is 5.69 Å². The van der Waals surface area contributed by atoms with Crippen molar-refractivity contribution in [1.82, 2.24) is 10.2 Å². The summed E-state index contributed by atoms with van der Waals surface area (Å²) in [5, 5.41) is 12.1. The number of carbonyl (C=O) groups excluding carboxylic acids is 1. The van der Waals surface area contributed by atoms with Crippen molar-refractivity contribution in [3.05, 3.63) is 60.2 Å². The number of para-hydroxylation sites is 1. The number of rotatable bonds is 8. The third kappa shape index (κ3) is 5.56. The SMILES string of the molecule is CCN(CC)c1ccc(NC(=O)C2CCCN(c3ccc(-c4ccccc4OC)nn3)C2)c(C)c1. The van der Waals surface area contributed by atoms with Gasteiger partial charge in [-0.05, 0) is 81.6 Å². The highest BCUT2D eigenvalue weighted by Crippen LogP contribution is 2.30. The van der Waals surface area contributed by atoms with Crippen LogP contribution in [-0.2, 0) is 4.79 Å². The quantitative estimate of drug-likeness (QED) is 0.487. The fraction of sp³-hybridized carbons (Fsp3) is 0.393. The molecule has 1 fully saturated rings. The number of anilines is 3. The second-order valence-electron chi connectivity index (χ2n) is 8.92. The van der Waals surface area contributed by atoms with Crippen LogP contribution in [0.1, 0.15) is 32.3 Å². The predicted molar refractivity (Wildman–Crippen MR) is 142 cm³/mol. The molecule has 3 aromatic rings. The van der Waals surface area contributed by atoms with Crippen molar-refractivity contribution in [2.75, 3.05) is 48.4 Å². The second kappa shape index (κ2) is 11.2. The Morgan fingerprint density at radius 2 is 1.91 bits per heavy atom. The highest BCUT2D eigenvalue weighted by molar-refractivity contribution is 5.94. The van der Waals surface area contributed by atoms with Crippen molar-refractivity contribution in [2.24, 2.45) is 5.92 Å². The van der Waals surface area contributed by atoms with Gasteiger partial charge >= 0.3 is 0 Å². The molecular formula is C28H35N5O2. The summed E-state index contributed by atoms with van der Waals surface area (Å²) in [5.74, 6) is 1.53. The van der Waals surface area contributed by atoms with E-state index in [0.717, 1.165) is 66.6 Å². The van der Waals surface area contributed by atoms with Crippen LogP contribution in [0, 0.1) is 12.8 Å². The lowest BCUT2D eigenvalue weighted by molar-refractivity contribution is -0.120. The summed E-state index contributed by atoms with van der Waals surface area (Å²) < 4.78 is 5.45. The van der Waals surface area contributed by atoms with Gasteiger partial charge < -0.3 is 19.9 Å². The van der Waals surface area contributed by atoms with Crippen LogP contribution >= 0.6 is 0 Å². The molecule has 7 heteroatoms. The standard InChI is InChI=1S/C28H35N5O2/c1-5-32(6-2)22-13-14-24(20(3)18-22)29-28(34)21-10-9-17-33(19-21)27-16-15-25(30-31-27)23-11-7-8-12-26(23)35-4/h7-8,11-16,18,21H,5-6,9-10,17,19H2,1-4H3,(H,29,34). The number of amides is 1. The first-order valence-corrected chi connectivity index (χ1v) is 12.4. The van der Waals surface area contributed by atoms with Crippen LogP contribution in [0.5, 0.6) is 5.75 Å². The molecule has 1 amide bonds. The molecule has 1 saturated heterocycles. The Labute approximate surface area is 208 Å². The largest absolute Gasteiger partial charge is 0.496 e. The second-order valence-corrected chi connectivity index (χ2v) is 8.92. The molecule has 1 aliphatic heterocycles. The molecular weight excluding hydrogens is 438 g/mol. The average molecular weight is 474 g/mol. The number of nitrogens with zero attached hydrogens (tertiary/aromatic N) is 4. The monoisotopic (exact) mass is 473 g/mol. The van der Waals surface area contributed by atoms with E-state index < -0.39 is 0 Å². The normalized spacial score (nSPS) is 15.5. The zero-order chi connectivity index (χ0) is 24.8. The molecule has 7 nitrogen and oxygen atoms in total. The average Bonchev–Trinajstić information content (AvgIpc) is 2.91. The molecule has 35 heavy (non-hydrogen) atoms. The van der Waals surface area contributed by atoms with Crippen molar-refractivity contribution in [2.45, 2.75) is 33.6 Å². The summed E-state index contributed by atoms with van der Waals surface area (Å²) in [6.07, 6.45) is 1.81. The van der Waals surface area contributed by atoms with E-state index in [9.17, 15) is 4.79 Å². The lowest BCUT2D eigenvalue weighted by Gasteiger charge is -2.32. The molecule has 184 valence electrons. The van der Waals surface area contributed by atoms with Crippen molar-refractivity contribution in [1.29, 1.82) is 0 Å². The first kappa shape index (κ1) is 24.5. The summed E-state index contributed by atoms with van der Waals surface area (Å²) in [4.78, 5) is 17.6. The summed E-state index contributed by atoms with van der Waals surface area (Å²) in [6.45, 7) is 9.77. The van der Waals surface area contributed by atoms with Crippen molar-refractivity contribution in [3.8, 4) is 17.0 Å². The Kier molecular flexibility index (Phi) is 7.85. The van der Waals surface area contributed by atoms with Crippen molar-refractivity contribution >= 4 is 23.1 Å². The fourth-order valence-corrected chi connectivity index (χ4v) is 4.70. The van der Waals surface area contributed by atoms with Crippen LogP contribution in [0.2, 0.25) is 0 Å². The Bertz CT molecular complexity index is 1140. The minimum atomic E-state index is -0.0960. The highest BCUT2D eigenvalue weighted by Gasteiger charge is 2.27. The molecule has 1 unspecified atom stereocenters. The first-order chi connectivity index (χ1) is 17.0. The number of benzene rings is 2. The molecule has 0 bridgehead atoms. The molecule has 4 rings (SSSR count). The van der Waals surface area contributed by atoms with Gasteiger partial charge in [-0.15, -0.1) is 10.2 Å². The summed E-state index contributed by atoms with van der Waals surface area (Å²) >= 11 is 0. The van der Waals surface area contributed by atoms with Gasteiger partial charge in [-0.3, -0.25) is 4.79 Å². The maximum atomic E-state index is 13.1. The Balaban J connectivity index is 1.42. The Morgan fingerprint density at radius 1 is 1.11 bits per heavy atom. The van der Waals surface area contributed by atoms with Gasteiger partial charge in [0.1, 0.15) is 5.75 Å². The number of carbonyl (C=O) groups is 1. The molecule has 0 spiro atoms. The molecule has 2 heterocycles. The van der Waals surface area contributed by atoms with Gasteiger partial charge in [-0.2, -0.15) is 0 Å². The van der Waals surface area contributed by atoms with E-state index in [2.05, 4.69) is 58.2 Å². The summed E-state index contributed by atoms with van der Waals surface area (Å²) in [7, 11) is 1.65. The third-order valence-electron chi connectivity index (χ3n) is 6.75. The first-order valence-electron chi connectivity index (χ1n) is 12.4. The van der Waals surface area contributed by atoms with Crippen LogP contribution < -0.4 is 19.9 Å². The molecule has 0 aliphatic carbocycles. The van der Waals surface area contributed by atoms with Gasteiger partial charge in [0.15, 0.2) is 5.82 Å². The molecule has 1 N–H and O–H groups in total. The number of hydrogen-bond acceptors (Lipinski definition) is 6. The van der Waals surface area contributed by atoms with Gasteiger partial charge in [-0.25, -0.2) is 0 Å². The minimum Gasteiger partial charge on any atom is -0.496 e. The number of methoxy groups -OCH3 is 1. The van der Waals surface area contributed by atoms with E-state index in [-0.39, 0.29) is 11.8 Å². The Morgan fingerprint density at radius 3 is 2.60 bits per heavy atom. The van der Waals surface area contributed by atoms with E-state index in [4.69, 9.17) is 4.74 Å². The zero-order valence-electron chi connectivity index (χ0n) is 21.1. The van der Waals surface area contributed by atoms with E-state index in [1.54, 1.807) is 7.11 Å². The number of aromatic nitrogens is 2. The Hall–Kier alpha value is -3.61. The third-order valence-corrected chi connectivity index (χ3v) is 6.75. The minimum absolute atomic E-state index is 0.0620. The molecule has 1 aliphatic rings. The summed E-state index contributed by atoms with van der Waals surface area (Å²) in [6, 6.07) is 18.0. The maximum absolute atomic E-state index is 13.1. The smallest absolute Gasteiger partial charge is 0.229 e. The number of ether oxygens (including phenoxy) is 1. The van der Waals surface area contributed by atoms with Crippen LogP contribution in [0.3, 0.4) is 0 Å². The molecule has 0 saturated carbocycles. The highest BCUT2D eigenvalue weighted by atomic mass is 16.5. The van der Waals surface area contributed by atoms with Gasteiger partial charge in [0.2, 0.25) is 5.91 Å². The fourth-order valence-electron chi connectivity index (χ4n) is 4.70. The molecule has 1 aromatic heterocycles. The van der Waals surface area contributed by atoms with Gasteiger partial charge in [0.05, 0.1) is 18.7 Å². The molecule has 2 aromatic carbocycles. The predicted octanol–water partition coefficient (Wildman–Crippen LogP) is 5.16. The van der Waals surface area contributed by atoms with Crippen molar-refractivity contribution < 1.29 is 9.53 Å². The summed E-state index contributed by atoms with van der Waals surface area (Å²) in [5.41, 5.74) is 4.81. The lowest BCUT2D eigenvalue weighted by atomic mass is 9.96. The van der Waals surface area contributed by atoms with Gasteiger partial charge in [0.25, 0.3) is 0 Å². The number of aryl methyl sites for hydroxylation is 1. The van der Waals surface area contributed by atoms with Gasteiger partial charge in [-0.1, -0.05) is 12.1 Å². The van der Waals surface area contributed by atoms with Crippen molar-refractivity contribution in [3.63, 3.8) is 0 Å². The zero-order valence-corrected chi connectivity index (χ0v) is 21.1. The van der Waals surface area contributed by atoms with Crippen LogP contribution in [-0.4, -0.2) is 49.4 Å².